The van der Waals surface area contributed by atoms with Crippen LogP contribution in [0.1, 0.15) is 33.6 Å². The smallest absolute Gasteiger partial charge is 0.333 e. The standard InChI is InChI=1S/C13H20O4/c1-6-11(17-13(15)10(4)5)7-8-16-12(14)9(2)3/h11H,2,4,6-8H2,1,3,5H3. The van der Waals surface area contributed by atoms with Crippen LogP contribution in [-0.4, -0.2) is 24.6 Å². The Balaban J connectivity index is 3.99. The molecule has 1 atom stereocenters. The van der Waals surface area contributed by atoms with Gasteiger partial charge in [0.25, 0.3) is 0 Å². The van der Waals surface area contributed by atoms with Gasteiger partial charge in [-0.3, -0.25) is 0 Å². The van der Waals surface area contributed by atoms with Gasteiger partial charge in [0.1, 0.15) is 6.10 Å². The molecule has 0 heterocycles. The molecular formula is C13H20O4. The van der Waals surface area contributed by atoms with E-state index in [0.29, 0.717) is 24.0 Å². The summed E-state index contributed by atoms with van der Waals surface area (Å²) < 4.78 is 10.1. The SMILES string of the molecule is C=C(C)C(=O)OCCC(CC)OC(=O)C(=C)C. The van der Waals surface area contributed by atoms with E-state index < -0.39 is 11.9 Å². The van der Waals surface area contributed by atoms with Gasteiger partial charge in [-0.2, -0.15) is 0 Å². The summed E-state index contributed by atoms with van der Waals surface area (Å²) >= 11 is 0. The second-order valence-corrected chi connectivity index (χ2v) is 3.92. The number of carbonyl (C=O) groups is 2. The van der Waals surface area contributed by atoms with E-state index in [9.17, 15) is 9.59 Å². The van der Waals surface area contributed by atoms with E-state index in [1.165, 1.54) is 0 Å². The Morgan fingerprint density at radius 2 is 1.65 bits per heavy atom. The molecular weight excluding hydrogens is 220 g/mol. The summed E-state index contributed by atoms with van der Waals surface area (Å²) in [4.78, 5) is 22.4. The van der Waals surface area contributed by atoms with Gasteiger partial charge >= 0.3 is 11.9 Å². The molecule has 0 aromatic rings. The first-order chi connectivity index (χ1) is 7.88. The lowest BCUT2D eigenvalue weighted by molar-refractivity contribution is -0.146. The second kappa shape index (κ2) is 7.65. The maximum atomic E-state index is 11.3. The quantitative estimate of drug-likeness (QED) is 0.506. The molecule has 0 aliphatic carbocycles. The lowest BCUT2D eigenvalue weighted by atomic mass is 10.2. The topological polar surface area (TPSA) is 52.6 Å². The number of hydrogen-bond donors (Lipinski definition) is 0. The van der Waals surface area contributed by atoms with Gasteiger partial charge in [0.2, 0.25) is 0 Å². The van der Waals surface area contributed by atoms with Crippen LogP contribution in [0.3, 0.4) is 0 Å². The Bertz CT molecular complexity index is 317. The molecule has 0 spiro atoms. The highest BCUT2D eigenvalue weighted by Crippen LogP contribution is 2.07. The van der Waals surface area contributed by atoms with Crippen molar-refractivity contribution in [1.82, 2.24) is 0 Å². The molecule has 0 bridgehead atoms. The van der Waals surface area contributed by atoms with Gasteiger partial charge in [-0.15, -0.1) is 0 Å². The number of hydrogen-bond acceptors (Lipinski definition) is 4. The van der Waals surface area contributed by atoms with E-state index in [1.54, 1.807) is 13.8 Å². The summed E-state index contributed by atoms with van der Waals surface area (Å²) in [6.45, 7) is 12.3. The van der Waals surface area contributed by atoms with E-state index in [2.05, 4.69) is 13.2 Å². The minimum absolute atomic E-state index is 0.216. The summed E-state index contributed by atoms with van der Waals surface area (Å²) in [6.07, 6.45) is 0.898. The highest BCUT2D eigenvalue weighted by Gasteiger charge is 2.14. The van der Waals surface area contributed by atoms with E-state index >= 15 is 0 Å². The molecule has 4 heteroatoms. The van der Waals surface area contributed by atoms with Crippen molar-refractivity contribution in [2.75, 3.05) is 6.61 Å². The van der Waals surface area contributed by atoms with E-state index in [1.807, 2.05) is 6.92 Å². The molecule has 0 saturated carbocycles. The average molecular weight is 240 g/mol. The van der Waals surface area contributed by atoms with Crippen molar-refractivity contribution in [2.24, 2.45) is 0 Å². The number of carbonyl (C=O) groups excluding carboxylic acids is 2. The number of esters is 2. The second-order valence-electron chi connectivity index (χ2n) is 3.92. The largest absolute Gasteiger partial charge is 0.462 e. The van der Waals surface area contributed by atoms with Crippen molar-refractivity contribution < 1.29 is 19.1 Å². The van der Waals surface area contributed by atoms with Gasteiger partial charge in [-0.05, 0) is 20.3 Å². The molecule has 0 rings (SSSR count). The van der Waals surface area contributed by atoms with Gasteiger partial charge in [0.15, 0.2) is 0 Å². The predicted molar refractivity (Wildman–Crippen MR) is 65.4 cm³/mol. The summed E-state index contributed by atoms with van der Waals surface area (Å²) in [5.41, 5.74) is 0.722. The van der Waals surface area contributed by atoms with Crippen LogP contribution in [0.2, 0.25) is 0 Å². The van der Waals surface area contributed by atoms with Crippen LogP contribution < -0.4 is 0 Å². The molecule has 0 N–H and O–H groups in total. The predicted octanol–water partition coefficient (Wildman–Crippen LogP) is 2.39. The molecule has 96 valence electrons. The minimum atomic E-state index is -0.425. The summed E-state index contributed by atoms with van der Waals surface area (Å²) in [7, 11) is 0. The minimum Gasteiger partial charge on any atom is -0.462 e. The van der Waals surface area contributed by atoms with Crippen LogP contribution in [0, 0.1) is 0 Å². The fraction of sp³-hybridized carbons (Fsp3) is 0.538. The van der Waals surface area contributed by atoms with Crippen LogP contribution in [0.15, 0.2) is 24.3 Å². The molecule has 0 saturated heterocycles. The van der Waals surface area contributed by atoms with Gasteiger partial charge < -0.3 is 9.47 Å². The van der Waals surface area contributed by atoms with Gasteiger partial charge in [0.05, 0.1) is 6.61 Å². The molecule has 4 nitrogen and oxygen atoms in total. The van der Waals surface area contributed by atoms with Gasteiger partial charge in [0, 0.05) is 17.6 Å². The summed E-state index contributed by atoms with van der Waals surface area (Å²) in [5.74, 6) is -0.839. The molecule has 0 fully saturated rings. The molecule has 1 unspecified atom stereocenters. The first-order valence-electron chi connectivity index (χ1n) is 5.57. The Hall–Kier alpha value is -1.58. The van der Waals surface area contributed by atoms with E-state index in [0.717, 1.165) is 0 Å². The normalized spacial score (nSPS) is 11.5. The van der Waals surface area contributed by atoms with E-state index in [-0.39, 0.29) is 12.7 Å². The Labute approximate surface area is 102 Å². The zero-order chi connectivity index (χ0) is 13.4. The molecule has 0 aromatic carbocycles. The molecule has 0 aliphatic heterocycles. The summed E-state index contributed by atoms with van der Waals surface area (Å²) in [6, 6.07) is 0. The monoisotopic (exact) mass is 240 g/mol. The third kappa shape index (κ3) is 6.56. The molecule has 0 aliphatic rings. The van der Waals surface area contributed by atoms with Crippen molar-refractivity contribution >= 4 is 11.9 Å². The Morgan fingerprint density at radius 1 is 1.12 bits per heavy atom. The molecule has 0 amide bonds. The lowest BCUT2D eigenvalue weighted by Crippen LogP contribution is -2.20. The van der Waals surface area contributed by atoms with Crippen molar-refractivity contribution in [3.63, 3.8) is 0 Å². The molecule has 17 heavy (non-hydrogen) atoms. The third-order valence-electron chi connectivity index (χ3n) is 2.10. The Morgan fingerprint density at radius 3 is 2.06 bits per heavy atom. The van der Waals surface area contributed by atoms with Crippen molar-refractivity contribution in [1.29, 1.82) is 0 Å². The van der Waals surface area contributed by atoms with Crippen LogP contribution in [0.4, 0.5) is 0 Å². The highest BCUT2D eigenvalue weighted by atomic mass is 16.6. The first kappa shape index (κ1) is 15.4. The Kier molecular flexibility index (Phi) is 6.94. The third-order valence-corrected chi connectivity index (χ3v) is 2.10. The molecule has 0 aromatic heterocycles. The van der Waals surface area contributed by atoms with Crippen LogP contribution in [-0.2, 0) is 19.1 Å². The fourth-order valence-corrected chi connectivity index (χ4v) is 1.00. The maximum Gasteiger partial charge on any atom is 0.333 e. The summed E-state index contributed by atoms with van der Waals surface area (Å²) in [5, 5.41) is 0. The number of ether oxygens (including phenoxy) is 2. The van der Waals surface area contributed by atoms with Crippen molar-refractivity contribution in [3.05, 3.63) is 24.3 Å². The van der Waals surface area contributed by atoms with Crippen LogP contribution in [0.25, 0.3) is 0 Å². The van der Waals surface area contributed by atoms with Gasteiger partial charge in [-0.25, -0.2) is 9.59 Å². The van der Waals surface area contributed by atoms with Crippen LogP contribution in [0.5, 0.6) is 0 Å². The van der Waals surface area contributed by atoms with E-state index in [4.69, 9.17) is 9.47 Å². The molecule has 0 radical (unpaired) electrons. The lowest BCUT2D eigenvalue weighted by Gasteiger charge is -2.16. The fourth-order valence-electron chi connectivity index (χ4n) is 1.00. The highest BCUT2D eigenvalue weighted by molar-refractivity contribution is 5.87. The number of rotatable bonds is 7. The van der Waals surface area contributed by atoms with Crippen molar-refractivity contribution in [3.8, 4) is 0 Å². The zero-order valence-corrected chi connectivity index (χ0v) is 10.7. The van der Waals surface area contributed by atoms with Crippen molar-refractivity contribution in [2.45, 2.75) is 39.7 Å². The zero-order valence-electron chi connectivity index (χ0n) is 10.7. The maximum absolute atomic E-state index is 11.3. The average Bonchev–Trinajstić information content (AvgIpc) is 2.26. The van der Waals surface area contributed by atoms with Gasteiger partial charge in [-0.1, -0.05) is 20.1 Å². The van der Waals surface area contributed by atoms with Crippen LogP contribution >= 0.6 is 0 Å². The first-order valence-corrected chi connectivity index (χ1v) is 5.57.